The zero-order valence-electron chi connectivity index (χ0n) is 5.18. The first-order valence-corrected chi connectivity index (χ1v) is 2.59. The molecular formula is C6H10N2. The van der Waals surface area contributed by atoms with Gasteiger partial charge in [0.2, 0.25) is 0 Å². The average molecular weight is 110 g/mol. The Morgan fingerprint density at radius 3 is 2.38 bits per heavy atom. The van der Waals surface area contributed by atoms with Crippen LogP contribution in [0.15, 0.2) is 12.3 Å². The highest BCUT2D eigenvalue weighted by Gasteiger charge is 1.92. The Morgan fingerprint density at radius 2 is 2.25 bits per heavy atom. The average Bonchev–Trinajstić information content (AvgIpc) is 1.98. The monoisotopic (exact) mass is 110 g/mol. The van der Waals surface area contributed by atoms with Crippen molar-refractivity contribution in [2.45, 2.75) is 6.92 Å². The van der Waals surface area contributed by atoms with Gasteiger partial charge in [-0.05, 0) is 18.6 Å². The van der Waals surface area contributed by atoms with Crippen LogP contribution in [0.3, 0.4) is 0 Å². The fourth-order valence-electron chi connectivity index (χ4n) is 0.667. The van der Waals surface area contributed by atoms with Gasteiger partial charge >= 0.3 is 0 Å². The molecule has 2 heteroatoms. The lowest BCUT2D eigenvalue weighted by Crippen LogP contribution is -1.94. The van der Waals surface area contributed by atoms with Gasteiger partial charge in [0.1, 0.15) is 5.82 Å². The summed E-state index contributed by atoms with van der Waals surface area (Å²) in [6.07, 6.45) is 1.95. The minimum absolute atomic E-state index is 0.852. The van der Waals surface area contributed by atoms with Gasteiger partial charge in [0.25, 0.3) is 0 Å². The summed E-state index contributed by atoms with van der Waals surface area (Å²) >= 11 is 0. The molecule has 0 amide bonds. The molecule has 0 bridgehead atoms. The predicted molar refractivity (Wildman–Crippen MR) is 34.6 cm³/mol. The second-order valence-electron chi connectivity index (χ2n) is 1.99. The minimum atomic E-state index is 0.852. The van der Waals surface area contributed by atoms with Crippen LogP contribution in [0.2, 0.25) is 0 Å². The van der Waals surface area contributed by atoms with Gasteiger partial charge < -0.3 is 10.3 Å². The second kappa shape index (κ2) is 1.54. The number of aromatic nitrogens is 1. The molecule has 0 radical (unpaired) electrons. The number of aryl methyl sites for hydroxylation is 2. The van der Waals surface area contributed by atoms with E-state index in [0.717, 1.165) is 11.4 Å². The number of rotatable bonds is 0. The largest absolute Gasteiger partial charge is 0.385 e. The first kappa shape index (κ1) is 5.22. The molecule has 0 aromatic carbocycles. The molecule has 1 heterocycles. The number of anilines is 1. The molecule has 0 unspecified atom stereocenters. The van der Waals surface area contributed by atoms with Gasteiger partial charge in [-0.25, -0.2) is 0 Å². The molecule has 2 nitrogen and oxygen atoms in total. The number of nitrogens with zero attached hydrogens (tertiary/aromatic N) is 1. The minimum Gasteiger partial charge on any atom is -0.385 e. The number of nitrogen functional groups attached to an aromatic ring is 1. The molecule has 1 rings (SSSR count). The molecular weight excluding hydrogens is 100 g/mol. The molecule has 0 aliphatic carbocycles. The molecule has 0 saturated heterocycles. The van der Waals surface area contributed by atoms with E-state index in [0.29, 0.717) is 0 Å². The van der Waals surface area contributed by atoms with Gasteiger partial charge in [-0.3, -0.25) is 0 Å². The fourth-order valence-corrected chi connectivity index (χ4v) is 0.667. The maximum Gasteiger partial charge on any atom is 0.105 e. The highest BCUT2D eigenvalue weighted by Crippen LogP contribution is 2.08. The zero-order valence-corrected chi connectivity index (χ0v) is 5.18. The van der Waals surface area contributed by atoms with Gasteiger partial charge in [-0.1, -0.05) is 0 Å². The summed E-state index contributed by atoms with van der Waals surface area (Å²) in [5, 5.41) is 0. The molecule has 0 aliphatic rings. The summed E-state index contributed by atoms with van der Waals surface area (Å²) in [4.78, 5) is 0. The summed E-state index contributed by atoms with van der Waals surface area (Å²) in [7, 11) is 1.93. The van der Waals surface area contributed by atoms with Crippen molar-refractivity contribution >= 4 is 5.82 Å². The normalized spacial score (nSPS) is 9.75. The molecule has 0 fully saturated rings. The maximum absolute atomic E-state index is 5.56. The third kappa shape index (κ3) is 0.579. The van der Waals surface area contributed by atoms with Crippen LogP contribution in [-0.4, -0.2) is 4.57 Å². The third-order valence-electron chi connectivity index (χ3n) is 1.33. The van der Waals surface area contributed by atoms with Crippen LogP contribution >= 0.6 is 0 Å². The molecule has 1 aromatic heterocycles. The topological polar surface area (TPSA) is 30.9 Å². The van der Waals surface area contributed by atoms with Gasteiger partial charge in [0.15, 0.2) is 0 Å². The van der Waals surface area contributed by atoms with Crippen LogP contribution in [0.1, 0.15) is 5.56 Å². The van der Waals surface area contributed by atoms with Crippen LogP contribution in [-0.2, 0) is 7.05 Å². The lowest BCUT2D eigenvalue weighted by Gasteiger charge is -1.93. The van der Waals surface area contributed by atoms with Gasteiger partial charge in [0.05, 0.1) is 0 Å². The van der Waals surface area contributed by atoms with Crippen molar-refractivity contribution < 1.29 is 0 Å². The Hall–Kier alpha value is -0.920. The predicted octanol–water partition coefficient (Wildman–Crippen LogP) is 0.916. The lowest BCUT2D eigenvalue weighted by molar-refractivity contribution is 0.939. The Labute approximate surface area is 48.9 Å². The van der Waals surface area contributed by atoms with E-state index >= 15 is 0 Å². The van der Waals surface area contributed by atoms with Crippen LogP contribution in [0.25, 0.3) is 0 Å². The van der Waals surface area contributed by atoms with E-state index in [9.17, 15) is 0 Å². The van der Waals surface area contributed by atoms with Crippen molar-refractivity contribution in [2.75, 3.05) is 5.73 Å². The van der Waals surface area contributed by atoms with Crippen molar-refractivity contribution in [2.24, 2.45) is 7.05 Å². The smallest absolute Gasteiger partial charge is 0.105 e. The van der Waals surface area contributed by atoms with Crippen molar-refractivity contribution in [1.82, 2.24) is 4.57 Å². The number of hydrogen-bond donors (Lipinski definition) is 1. The van der Waals surface area contributed by atoms with Crippen LogP contribution < -0.4 is 5.73 Å². The zero-order chi connectivity index (χ0) is 6.15. The van der Waals surface area contributed by atoms with E-state index in [1.54, 1.807) is 0 Å². The molecule has 0 aliphatic heterocycles. The molecule has 0 saturated carbocycles. The van der Waals surface area contributed by atoms with Crippen molar-refractivity contribution in [3.05, 3.63) is 17.8 Å². The Bertz CT molecular complexity index is 169. The Kier molecular flexibility index (Phi) is 1.01. The van der Waals surface area contributed by atoms with Crippen LogP contribution in [0.4, 0.5) is 5.82 Å². The molecule has 0 atom stereocenters. The van der Waals surface area contributed by atoms with Crippen LogP contribution in [0, 0.1) is 6.92 Å². The molecule has 8 heavy (non-hydrogen) atoms. The molecule has 2 N–H and O–H groups in total. The number of hydrogen-bond acceptors (Lipinski definition) is 1. The number of nitrogens with two attached hydrogens (primary N) is 1. The third-order valence-corrected chi connectivity index (χ3v) is 1.33. The Morgan fingerprint density at radius 1 is 1.62 bits per heavy atom. The quantitative estimate of drug-likeness (QED) is 0.529. The van der Waals surface area contributed by atoms with E-state index < -0.39 is 0 Å². The van der Waals surface area contributed by atoms with Gasteiger partial charge in [-0.2, -0.15) is 0 Å². The van der Waals surface area contributed by atoms with Crippen molar-refractivity contribution in [3.8, 4) is 0 Å². The molecule has 0 spiro atoms. The van der Waals surface area contributed by atoms with E-state index in [4.69, 9.17) is 5.73 Å². The van der Waals surface area contributed by atoms with Gasteiger partial charge in [-0.15, -0.1) is 0 Å². The fraction of sp³-hybridized carbons (Fsp3) is 0.333. The summed E-state index contributed by atoms with van der Waals surface area (Å²) in [5.74, 6) is 0.852. The first-order valence-electron chi connectivity index (χ1n) is 2.59. The lowest BCUT2D eigenvalue weighted by atomic mass is 10.4. The standard InChI is InChI=1S/C6H10N2/c1-5-3-4-8(2)6(5)7/h3-4H,7H2,1-2H3. The van der Waals surface area contributed by atoms with E-state index in [1.807, 2.05) is 30.8 Å². The van der Waals surface area contributed by atoms with E-state index in [-0.39, 0.29) is 0 Å². The Balaban J connectivity index is 3.19. The summed E-state index contributed by atoms with van der Waals surface area (Å²) in [5.41, 5.74) is 6.71. The van der Waals surface area contributed by atoms with Crippen molar-refractivity contribution in [3.63, 3.8) is 0 Å². The van der Waals surface area contributed by atoms with Crippen LogP contribution in [0.5, 0.6) is 0 Å². The summed E-state index contributed by atoms with van der Waals surface area (Å²) in [6.45, 7) is 2.00. The first-order chi connectivity index (χ1) is 3.72. The molecule has 44 valence electrons. The summed E-state index contributed by atoms with van der Waals surface area (Å²) < 4.78 is 1.90. The maximum atomic E-state index is 5.56. The van der Waals surface area contributed by atoms with Crippen molar-refractivity contribution in [1.29, 1.82) is 0 Å². The second-order valence-corrected chi connectivity index (χ2v) is 1.99. The van der Waals surface area contributed by atoms with Gasteiger partial charge in [0, 0.05) is 13.2 Å². The highest BCUT2D eigenvalue weighted by molar-refractivity contribution is 5.39. The summed E-state index contributed by atoms with van der Waals surface area (Å²) in [6, 6.07) is 2.00. The van der Waals surface area contributed by atoms with E-state index in [1.165, 1.54) is 0 Å². The SMILES string of the molecule is Cc1ccn(C)c1N. The van der Waals surface area contributed by atoms with E-state index in [2.05, 4.69) is 0 Å². The highest BCUT2D eigenvalue weighted by atomic mass is 15.0. The molecule has 1 aromatic rings.